The number of aromatic hydroxyl groups is 1. The minimum Gasteiger partial charge on any atom is -0.508 e. The lowest BCUT2D eigenvalue weighted by atomic mass is 10.1. The Labute approximate surface area is 112 Å². The Balaban J connectivity index is 2.42. The molecule has 6 heteroatoms. The maximum Gasteiger partial charge on any atom is 0.237 e. The topological polar surface area (TPSA) is 93.8 Å². The molecule has 6 nitrogen and oxygen atoms in total. The van der Waals surface area contributed by atoms with Crippen LogP contribution in [-0.2, 0) is 20.7 Å². The second-order valence-corrected chi connectivity index (χ2v) is 4.12. The molecule has 106 valence electrons. The first-order chi connectivity index (χ1) is 9.06. The summed E-state index contributed by atoms with van der Waals surface area (Å²) in [6.07, 6.45) is -0.0821. The SMILES string of the molecule is COC(CNC(=O)C(N)Cc1ccc(O)cc1)OC. The molecule has 1 unspecified atom stereocenters. The molecule has 1 atom stereocenters. The van der Waals surface area contributed by atoms with Gasteiger partial charge in [-0.25, -0.2) is 0 Å². The van der Waals surface area contributed by atoms with Gasteiger partial charge in [-0.2, -0.15) is 0 Å². The number of carbonyl (C=O) groups is 1. The molecule has 0 saturated carbocycles. The van der Waals surface area contributed by atoms with Crippen molar-refractivity contribution >= 4 is 5.91 Å². The Morgan fingerprint density at radius 1 is 1.32 bits per heavy atom. The first-order valence-corrected chi connectivity index (χ1v) is 5.93. The van der Waals surface area contributed by atoms with Crippen molar-refractivity contribution in [3.63, 3.8) is 0 Å². The maximum atomic E-state index is 11.8. The van der Waals surface area contributed by atoms with Gasteiger partial charge in [0.15, 0.2) is 6.29 Å². The minimum atomic E-state index is -0.654. The zero-order chi connectivity index (χ0) is 14.3. The molecular weight excluding hydrogens is 248 g/mol. The average molecular weight is 268 g/mol. The summed E-state index contributed by atoms with van der Waals surface area (Å²) in [7, 11) is 2.99. The Morgan fingerprint density at radius 3 is 2.42 bits per heavy atom. The van der Waals surface area contributed by atoms with E-state index in [1.807, 2.05) is 0 Å². The highest BCUT2D eigenvalue weighted by Gasteiger charge is 2.15. The van der Waals surface area contributed by atoms with E-state index in [1.54, 1.807) is 24.3 Å². The number of carbonyl (C=O) groups excluding carboxylic acids is 1. The number of phenolic OH excluding ortho intramolecular Hbond substituents is 1. The van der Waals surface area contributed by atoms with Gasteiger partial charge in [0.1, 0.15) is 5.75 Å². The molecule has 4 N–H and O–H groups in total. The fraction of sp³-hybridized carbons (Fsp3) is 0.462. The van der Waals surface area contributed by atoms with Crippen molar-refractivity contribution in [3.8, 4) is 5.75 Å². The van der Waals surface area contributed by atoms with E-state index >= 15 is 0 Å². The van der Waals surface area contributed by atoms with Gasteiger partial charge in [0.2, 0.25) is 5.91 Å². The van der Waals surface area contributed by atoms with Gasteiger partial charge in [-0.1, -0.05) is 12.1 Å². The average Bonchev–Trinajstić information content (AvgIpc) is 2.42. The van der Waals surface area contributed by atoms with E-state index in [1.165, 1.54) is 14.2 Å². The number of nitrogens with one attached hydrogen (secondary N) is 1. The lowest BCUT2D eigenvalue weighted by Gasteiger charge is -2.16. The predicted octanol–water partition coefficient (Wildman–Crippen LogP) is -0.00290. The van der Waals surface area contributed by atoms with Crippen LogP contribution in [-0.4, -0.2) is 44.1 Å². The van der Waals surface area contributed by atoms with Crippen LogP contribution in [0.4, 0.5) is 0 Å². The van der Waals surface area contributed by atoms with Crippen LogP contribution in [0.2, 0.25) is 0 Å². The van der Waals surface area contributed by atoms with Gasteiger partial charge in [0.25, 0.3) is 0 Å². The third-order valence-corrected chi connectivity index (χ3v) is 2.70. The molecule has 19 heavy (non-hydrogen) atoms. The summed E-state index contributed by atoms with van der Waals surface area (Å²) in [6, 6.07) is 5.93. The second-order valence-electron chi connectivity index (χ2n) is 4.12. The highest BCUT2D eigenvalue weighted by atomic mass is 16.7. The summed E-state index contributed by atoms with van der Waals surface area (Å²) < 4.78 is 9.91. The number of phenols is 1. The van der Waals surface area contributed by atoms with Crippen molar-refractivity contribution in [1.82, 2.24) is 5.32 Å². The quantitative estimate of drug-likeness (QED) is 0.605. The van der Waals surface area contributed by atoms with Gasteiger partial charge in [0, 0.05) is 14.2 Å². The fourth-order valence-electron chi connectivity index (χ4n) is 1.56. The van der Waals surface area contributed by atoms with Crippen LogP contribution >= 0.6 is 0 Å². The molecule has 1 aromatic carbocycles. The van der Waals surface area contributed by atoms with Crippen LogP contribution in [0.1, 0.15) is 5.56 Å². The van der Waals surface area contributed by atoms with E-state index in [-0.39, 0.29) is 18.2 Å². The zero-order valence-corrected chi connectivity index (χ0v) is 11.1. The summed E-state index contributed by atoms with van der Waals surface area (Å²) in [4.78, 5) is 11.8. The van der Waals surface area contributed by atoms with Crippen LogP contribution in [0.5, 0.6) is 5.75 Å². The van der Waals surface area contributed by atoms with Crippen molar-refractivity contribution in [2.24, 2.45) is 5.73 Å². The lowest BCUT2D eigenvalue weighted by Crippen LogP contribution is -2.45. The van der Waals surface area contributed by atoms with Crippen LogP contribution in [0.3, 0.4) is 0 Å². The Bertz CT molecular complexity index is 390. The normalized spacial score (nSPS) is 12.4. The Hall–Kier alpha value is -1.63. The van der Waals surface area contributed by atoms with Gasteiger partial charge in [-0.3, -0.25) is 4.79 Å². The molecule has 0 heterocycles. The van der Waals surface area contributed by atoms with Crippen LogP contribution in [0.25, 0.3) is 0 Å². The number of hydrogen-bond acceptors (Lipinski definition) is 5. The number of amides is 1. The second kappa shape index (κ2) is 7.73. The summed E-state index contributed by atoms with van der Waals surface area (Å²) in [5.74, 6) is -0.0861. The van der Waals surface area contributed by atoms with Gasteiger partial charge in [-0.15, -0.1) is 0 Å². The fourth-order valence-corrected chi connectivity index (χ4v) is 1.56. The first-order valence-electron chi connectivity index (χ1n) is 5.93. The molecule has 1 amide bonds. The van der Waals surface area contributed by atoms with Crippen molar-refractivity contribution in [3.05, 3.63) is 29.8 Å². The number of hydrogen-bond donors (Lipinski definition) is 3. The monoisotopic (exact) mass is 268 g/mol. The highest BCUT2D eigenvalue weighted by Crippen LogP contribution is 2.10. The van der Waals surface area contributed by atoms with E-state index in [4.69, 9.17) is 20.3 Å². The van der Waals surface area contributed by atoms with Crippen molar-refractivity contribution < 1.29 is 19.4 Å². The Morgan fingerprint density at radius 2 is 1.89 bits per heavy atom. The number of rotatable bonds is 7. The number of benzene rings is 1. The molecule has 1 aromatic rings. The standard InChI is InChI=1S/C13H20N2O4/c1-18-12(19-2)8-15-13(17)11(14)7-9-3-5-10(16)6-4-9/h3-6,11-12,16H,7-8,14H2,1-2H3,(H,15,17). The van der Waals surface area contributed by atoms with E-state index in [2.05, 4.69) is 5.32 Å². The van der Waals surface area contributed by atoms with E-state index in [0.29, 0.717) is 6.42 Å². The van der Waals surface area contributed by atoms with Crippen LogP contribution in [0.15, 0.2) is 24.3 Å². The summed E-state index contributed by atoms with van der Waals surface area (Å²) in [5.41, 5.74) is 6.68. The van der Waals surface area contributed by atoms with Gasteiger partial charge in [-0.05, 0) is 24.1 Å². The van der Waals surface area contributed by atoms with Crippen molar-refractivity contribution in [2.45, 2.75) is 18.8 Å². The molecule has 0 bridgehead atoms. The molecule has 0 aliphatic heterocycles. The van der Waals surface area contributed by atoms with Gasteiger partial charge in [0.05, 0.1) is 12.6 Å². The highest BCUT2D eigenvalue weighted by molar-refractivity contribution is 5.81. The first kappa shape index (κ1) is 15.4. The smallest absolute Gasteiger partial charge is 0.237 e. The maximum absolute atomic E-state index is 11.8. The molecule has 0 spiro atoms. The Kier molecular flexibility index (Phi) is 6.27. The molecule has 0 saturated heterocycles. The van der Waals surface area contributed by atoms with Crippen molar-refractivity contribution in [2.75, 3.05) is 20.8 Å². The summed E-state index contributed by atoms with van der Waals surface area (Å²) >= 11 is 0. The lowest BCUT2D eigenvalue weighted by molar-refractivity contribution is -0.128. The van der Waals surface area contributed by atoms with Crippen molar-refractivity contribution in [1.29, 1.82) is 0 Å². The summed E-state index contributed by atoms with van der Waals surface area (Å²) in [5, 5.41) is 11.8. The molecule has 0 fully saturated rings. The van der Waals surface area contributed by atoms with E-state index in [0.717, 1.165) is 5.56 Å². The third kappa shape index (κ3) is 5.25. The van der Waals surface area contributed by atoms with E-state index in [9.17, 15) is 4.79 Å². The molecule has 1 rings (SSSR count). The largest absolute Gasteiger partial charge is 0.508 e. The molecule has 0 aliphatic carbocycles. The molecule has 0 aromatic heterocycles. The summed E-state index contributed by atoms with van der Waals surface area (Å²) in [6.45, 7) is 0.245. The minimum absolute atomic E-state index is 0.185. The molecule has 0 aliphatic rings. The van der Waals surface area contributed by atoms with E-state index < -0.39 is 12.3 Å². The number of ether oxygens (including phenoxy) is 2. The van der Waals surface area contributed by atoms with Gasteiger partial charge < -0.3 is 25.6 Å². The number of methoxy groups -OCH3 is 2. The number of nitrogens with two attached hydrogens (primary N) is 1. The predicted molar refractivity (Wildman–Crippen MR) is 70.6 cm³/mol. The zero-order valence-electron chi connectivity index (χ0n) is 11.1. The van der Waals surface area contributed by atoms with Crippen LogP contribution < -0.4 is 11.1 Å². The molecule has 0 radical (unpaired) electrons. The van der Waals surface area contributed by atoms with Gasteiger partial charge >= 0.3 is 0 Å². The van der Waals surface area contributed by atoms with Crippen LogP contribution in [0, 0.1) is 0 Å². The third-order valence-electron chi connectivity index (χ3n) is 2.70. The molecular formula is C13H20N2O4.